The van der Waals surface area contributed by atoms with E-state index in [1.54, 1.807) is 6.26 Å². The summed E-state index contributed by atoms with van der Waals surface area (Å²) in [6.45, 7) is 11.4. The third-order valence-corrected chi connectivity index (χ3v) is 5.73. The molecule has 10 nitrogen and oxygen atoms in total. The molecule has 3 rings (SSSR count). The highest BCUT2D eigenvalue weighted by Gasteiger charge is 2.24. The Morgan fingerprint density at radius 1 is 1.11 bits per heavy atom. The van der Waals surface area contributed by atoms with Crippen LogP contribution < -0.4 is 21.9 Å². The maximum absolute atomic E-state index is 12.0. The number of ether oxygens (including phenoxy) is 1. The van der Waals surface area contributed by atoms with Gasteiger partial charge in [-0.3, -0.25) is 4.79 Å². The van der Waals surface area contributed by atoms with Gasteiger partial charge in [-0.25, -0.2) is 4.79 Å². The van der Waals surface area contributed by atoms with Crippen LogP contribution in [0.1, 0.15) is 53.1 Å². The normalized spacial score (nSPS) is 11.4. The number of hydrogen-bond donors (Lipinski definition) is 1. The first-order chi connectivity index (χ1) is 16.6. The molecule has 0 saturated heterocycles. The first-order valence-corrected chi connectivity index (χ1v) is 12.6. The number of halogens is 2. The SMILES string of the molecule is C#CCOc1cc(-n2nc(C(C)(C)C)oc2=O)c(Cl)cc1Cl.CSc1nnc(C(C)(C)C)c(=O)n1N. The van der Waals surface area contributed by atoms with Gasteiger partial charge < -0.3 is 15.0 Å². The molecule has 13 heteroatoms. The van der Waals surface area contributed by atoms with Gasteiger partial charge in [-0.1, -0.05) is 82.4 Å². The van der Waals surface area contributed by atoms with Gasteiger partial charge in [0, 0.05) is 16.9 Å². The lowest BCUT2D eigenvalue weighted by molar-refractivity contribution is 0.370. The van der Waals surface area contributed by atoms with Gasteiger partial charge in [0.2, 0.25) is 11.0 Å². The van der Waals surface area contributed by atoms with Gasteiger partial charge in [0.25, 0.3) is 5.56 Å². The second kappa shape index (κ2) is 11.4. The maximum Gasteiger partial charge on any atom is 0.442 e. The van der Waals surface area contributed by atoms with Gasteiger partial charge in [0.15, 0.2) is 0 Å². The number of thioether (sulfide) groups is 1. The van der Waals surface area contributed by atoms with E-state index in [0.717, 1.165) is 9.36 Å². The zero-order chi connectivity index (χ0) is 27.4. The van der Waals surface area contributed by atoms with Crippen LogP contribution in [0.5, 0.6) is 5.75 Å². The lowest BCUT2D eigenvalue weighted by Gasteiger charge is -2.16. The average Bonchev–Trinajstić information content (AvgIpc) is 3.16. The van der Waals surface area contributed by atoms with Crippen molar-refractivity contribution < 1.29 is 9.15 Å². The van der Waals surface area contributed by atoms with Crippen molar-refractivity contribution in [3.63, 3.8) is 0 Å². The van der Waals surface area contributed by atoms with E-state index in [2.05, 4.69) is 21.2 Å². The Morgan fingerprint density at radius 3 is 2.25 bits per heavy atom. The van der Waals surface area contributed by atoms with Crippen molar-refractivity contribution in [3.05, 3.63) is 54.7 Å². The Labute approximate surface area is 223 Å². The predicted octanol–water partition coefficient (Wildman–Crippen LogP) is 3.81. The van der Waals surface area contributed by atoms with Crippen molar-refractivity contribution >= 4 is 35.0 Å². The minimum atomic E-state index is -0.642. The second-order valence-electron chi connectivity index (χ2n) is 9.52. The Kier molecular flexibility index (Phi) is 9.29. The summed E-state index contributed by atoms with van der Waals surface area (Å²) in [6, 6.07) is 2.96. The smallest absolute Gasteiger partial charge is 0.442 e. The third-order valence-electron chi connectivity index (χ3n) is 4.49. The average molecular weight is 555 g/mol. The van der Waals surface area contributed by atoms with E-state index < -0.39 is 11.2 Å². The predicted molar refractivity (Wildman–Crippen MR) is 142 cm³/mol. The molecule has 0 saturated carbocycles. The molecule has 0 amide bonds. The molecule has 0 aliphatic carbocycles. The van der Waals surface area contributed by atoms with Crippen LogP contribution in [-0.2, 0) is 10.8 Å². The van der Waals surface area contributed by atoms with Crippen molar-refractivity contribution in [1.29, 1.82) is 0 Å². The number of nitrogens with zero attached hydrogens (tertiary/aromatic N) is 5. The fraction of sp³-hybridized carbons (Fsp3) is 0.435. The van der Waals surface area contributed by atoms with Gasteiger partial charge in [-0.15, -0.1) is 21.7 Å². The van der Waals surface area contributed by atoms with Crippen molar-refractivity contribution in [3.8, 4) is 23.8 Å². The Bertz CT molecular complexity index is 1390. The summed E-state index contributed by atoms with van der Waals surface area (Å²) in [5.74, 6) is 7.88. The maximum atomic E-state index is 12.0. The molecule has 3 aromatic rings. The van der Waals surface area contributed by atoms with E-state index in [9.17, 15) is 9.59 Å². The first-order valence-electron chi connectivity index (χ1n) is 10.6. The molecule has 1 aromatic carbocycles. The fourth-order valence-electron chi connectivity index (χ4n) is 2.64. The van der Waals surface area contributed by atoms with Crippen LogP contribution in [-0.4, -0.2) is 37.5 Å². The zero-order valence-electron chi connectivity index (χ0n) is 21.0. The van der Waals surface area contributed by atoms with Crippen LogP contribution in [0.3, 0.4) is 0 Å². The Balaban J connectivity index is 0.000000281. The van der Waals surface area contributed by atoms with E-state index in [4.69, 9.17) is 44.6 Å². The molecule has 2 aromatic heterocycles. The van der Waals surface area contributed by atoms with Gasteiger partial charge >= 0.3 is 5.76 Å². The van der Waals surface area contributed by atoms with Gasteiger partial charge in [0.05, 0.1) is 15.7 Å². The summed E-state index contributed by atoms with van der Waals surface area (Å²) in [5, 5.41) is 12.9. The van der Waals surface area contributed by atoms with Gasteiger partial charge in [0.1, 0.15) is 18.1 Å². The second-order valence-corrected chi connectivity index (χ2v) is 11.1. The number of nitrogens with two attached hydrogens (primary N) is 1. The summed E-state index contributed by atoms with van der Waals surface area (Å²) in [4.78, 5) is 23.7. The highest BCUT2D eigenvalue weighted by atomic mass is 35.5. The van der Waals surface area contributed by atoms with Crippen LogP contribution in [0.25, 0.3) is 5.69 Å². The van der Waals surface area contributed by atoms with Gasteiger partial charge in [-0.2, -0.15) is 9.36 Å². The van der Waals surface area contributed by atoms with E-state index in [1.807, 2.05) is 41.5 Å². The topological polar surface area (TPSA) is 131 Å². The summed E-state index contributed by atoms with van der Waals surface area (Å²) in [7, 11) is 0. The lowest BCUT2D eigenvalue weighted by atomic mass is 9.93. The quantitative estimate of drug-likeness (QED) is 0.290. The number of hydrogen-bond acceptors (Lipinski definition) is 9. The van der Waals surface area contributed by atoms with Crippen LogP contribution in [0.2, 0.25) is 10.0 Å². The van der Waals surface area contributed by atoms with Crippen molar-refractivity contribution in [1.82, 2.24) is 24.7 Å². The molecule has 0 atom stereocenters. The summed E-state index contributed by atoms with van der Waals surface area (Å²) < 4.78 is 12.6. The molecule has 0 bridgehead atoms. The molecular weight excluding hydrogens is 527 g/mol. The fourth-order valence-corrected chi connectivity index (χ4v) is 3.56. The largest absolute Gasteiger partial charge is 0.479 e. The van der Waals surface area contributed by atoms with Crippen molar-refractivity contribution in [2.45, 2.75) is 57.5 Å². The molecule has 0 spiro atoms. The Morgan fingerprint density at radius 2 is 1.75 bits per heavy atom. The molecule has 0 radical (unpaired) electrons. The molecule has 36 heavy (non-hydrogen) atoms. The van der Waals surface area contributed by atoms with E-state index in [0.29, 0.717) is 28.2 Å². The molecule has 0 unspecified atom stereocenters. The van der Waals surface area contributed by atoms with Crippen LogP contribution in [0.15, 0.2) is 31.3 Å². The number of benzene rings is 1. The number of rotatable bonds is 4. The van der Waals surface area contributed by atoms with Crippen molar-refractivity contribution in [2.24, 2.45) is 0 Å². The van der Waals surface area contributed by atoms with Crippen LogP contribution >= 0.6 is 35.0 Å². The highest BCUT2D eigenvalue weighted by molar-refractivity contribution is 7.98. The van der Waals surface area contributed by atoms with E-state index in [1.165, 1.54) is 23.9 Å². The molecule has 2 heterocycles. The third kappa shape index (κ3) is 6.84. The molecule has 194 valence electrons. The van der Waals surface area contributed by atoms with E-state index >= 15 is 0 Å². The number of nitrogen functional groups attached to an aromatic ring is 1. The highest BCUT2D eigenvalue weighted by Crippen LogP contribution is 2.33. The molecule has 0 aliphatic heterocycles. The number of terminal acetylenes is 1. The van der Waals surface area contributed by atoms with E-state index in [-0.39, 0.29) is 27.6 Å². The summed E-state index contributed by atoms with van der Waals surface area (Å²) in [6.07, 6.45) is 6.95. The van der Waals surface area contributed by atoms with Crippen LogP contribution in [0, 0.1) is 12.3 Å². The minimum absolute atomic E-state index is 0.0434. The lowest BCUT2D eigenvalue weighted by Crippen LogP contribution is -2.37. The molecule has 2 N–H and O–H groups in total. The zero-order valence-corrected chi connectivity index (χ0v) is 23.4. The van der Waals surface area contributed by atoms with Crippen LogP contribution in [0.4, 0.5) is 0 Å². The van der Waals surface area contributed by atoms with Crippen molar-refractivity contribution in [2.75, 3.05) is 18.7 Å². The first kappa shape index (κ1) is 29.3. The molecular formula is C23H28Cl2N6O4S. The molecule has 0 aliphatic rings. The summed E-state index contributed by atoms with van der Waals surface area (Å²) in [5.41, 5.74) is -0.328. The molecule has 0 fully saturated rings. The Hall–Kier alpha value is -2.94. The van der Waals surface area contributed by atoms with Gasteiger partial charge in [-0.05, 0) is 12.3 Å². The standard InChI is InChI=1S/C15H14Cl2N2O3.C8H14N4OS/c1-5-6-21-12-8-11(9(16)7-10(12)17)19-14(20)22-13(18-19)15(2,3)4;1-8(2,3)5-6(13)12(9)7(14-4)11-10-5/h1,7-8H,6H2,2-4H3;9H2,1-4H3. The monoisotopic (exact) mass is 554 g/mol. The minimum Gasteiger partial charge on any atom is -0.479 e. The summed E-state index contributed by atoms with van der Waals surface area (Å²) >= 11 is 13.5. The number of aromatic nitrogens is 5.